The maximum atomic E-state index is 2.69. The third-order valence-corrected chi connectivity index (χ3v) is 7.00. The summed E-state index contributed by atoms with van der Waals surface area (Å²) in [6.07, 6.45) is 16.9. The Labute approximate surface area is 168 Å². The molecular formula is C26H54. The van der Waals surface area contributed by atoms with Gasteiger partial charge in [-0.2, -0.15) is 0 Å². The van der Waals surface area contributed by atoms with Gasteiger partial charge >= 0.3 is 0 Å². The van der Waals surface area contributed by atoms with Crippen LogP contribution in [0.4, 0.5) is 0 Å². The quantitative estimate of drug-likeness (QED) is 0.253. The first-order valence-electron chi connectivity index (χ1n) is 12.1. The topological polar surface area (TPSA) is 0 Å². The Morgan fingerprint density at radius 2 is 1.23 bits per heavy atom. The SMILES string of the molecule is CCCCCCC(CCC(C)C)C(C)(CCCCC)C(CC)C(C)(C)C. The largest absolute Gasteiger partial charge is 0.0654 e. The fourth-order valence-electron chi connectivity index (χ4n) is 5.64. The molecular weight excluding hydrogens is 312 g/mol. The van der Waals surface area contributed by atoms with Crippen molar-refractivity contribution in [2.24, 2.45) is 28.6 Å². The zero-order valence-corrected chi connectivity index (χ0v) is 20.2. The normalized spacial score (nSPS) is 17.3. The Morgan fingerprint density at radius 1 is 0.654 bits per heavy atom. The van der Waals surface area contributed by atoms with Gasteiger partial charge in [0.25, 0.3) is 0 Å². The van der Waals surface area contributed by atoms with Crippen LogP contribution in [0.3, 0.4) is 0 Å². The third kappa shape index (κ3) is 9.27. The van der Waals surface area contributed by atoms with Crippen molar-refractivity contribution in [1.82, 2.24) is 0 Å². The fraction of sp³-hybridized carbons (Fsp3) is 1.00. The van der Waals surface area contributed by atoms with Gasteiger partial charge in [0.1, 0.15) is 0 Å². The predicted molar refractivity (Wildman–Crippen MR) is 122 cm³/mol. The van der Waals surface area contributed by atoms with Gasteiger partial charge < -0.3 is 0 Å². The lowest BCUT2D eigenvalue weighted by Gasteiger charge is -2.50. The molecule has 26 heavy (non-hydrogen) atoms. The van der Waals surface area contributed by atoms with E-state index in [-0.39, 0.29) is 0 Å². The van der Waals surface area contributed by atoms with Gasteiger partial charge in [0.15, 0.2) is 0 Å². The average Bonchev–Trinajstić information content (AvgIpc) is 2.53. The summed E-state index contributed by atoms with van der Waals surface area (Å²) in [7, 11) is 0. The molecule has 0 aliphatic rings. The highest BCUT2D eigenvalue weighted by Gasteiger charge is 2.44. The van der Waals surface area contributed by atoms with E-state index in [1.54, 1.807) is 0 Å². The van der Waals surface area contributed by atoms with Crippen LogP contribution in [0.15, 0.2) is 0 Å². The summed E-state index contributed by atoms with van der Waals surface area (Å²) in [5.74, 6) is 2.57. The predicted octanol–water partition coefficient (Wildman–Crippen LogP) is 9.67. The van der Waals surface area contributed by atoms with E-state index in [4.69, 9.17) is 0 Å². The van der Waals surface area contributed by atoms with Crippen LogP contribution < -0.4 is 0 Å². The lowest BCUT2D eigenvalue weighted by atomic mass is 9.55. The first-order chi connectivity index (χ1) is 12.1. The summed E-state index contributed by atoms with van der Waals surface area (Å²) in [5, 5.41) is 0. The van der Waals surface area contributed by atoms with Crippen molar-refractivity contribution in [2.75, 3.05) is 0 Å². The molecule has 0 saturated carbocycles. The van der Waals surface area contributed by atoms with Crippen LogP contribution in [0.25, 0.3) is 0 Å². The highest BCUT2D eigenvalue weighted by atomic mass is 14.5. The maximum absolute atomic E-state index is 2.69. The molecule has 0 amide bonds. The third-order valence-electron chi connectivity index (χ3n) is 7.00. The van der Waals surface area contributed by atoms with Gasteiger partial charge in [0.2, 0.25) is 0 Å². The van der Waals surface area contributed by atoms with E-state index in [1.165, 1.54) is 77.0 Å². The van der Waals surface area contributed by atoms with Gasteiger partial charge in [-0.15, -0.1) is 0 Å². The summed E-state index contributed by atoms with van der Waals surface area (Å²) in [6, 6.07) is 0. The van der Waals surface area contributed by atoms with Crippen molar-refractivity contribution >= 4 is 0 Å². The average molecular weight is 367 g/mol. The fourth-order valence-corrected chi connectivity index (χ4v) is 5.64. The summed E-state index contributed by atoms with van der Waals surface area (Å²) < 4.78 is 0. The minimum absolute atomic E-state index is 0.412. The van der Waals surface area contributed by atoms with Gasteiger partial charge in [-0.1, -0.05) is 120 Å². The molecule has 0 saturated heterocycles. The van der Waals surface area contributed by atoms with E-state index < -0.39 is 0 Å². The molecule has 0 aromatic rings. The molecule has 0 nitrogen and oxygen atoms in total. The summed E-state index contributed by atoms with van der Waals surface area (Å²) in [4.78, 5) is 0. The lowest BCUT2D eigenvalue weighted by Crippen LogP contribution is -2.42. The second kappa shape index (κ2) is 13.2. The minimum Gasteiger partial charge on any atom is -0.0654 e. The molecule has 0 aromatic carbocycles. The molecule has 0 aliphatic heterocycles. The van der Waals surface area contributed by atoms with Crippen molar-refractivity contribution in [2.45, 2.75) is 139 Å². The zero-order valence-electron chi connectivity index (χ0n) is 20.2. The molecule has 3 unspecified atom stereocenters. The highest BCUT2D eigenvalue weighted by Crippen LogP contribution is 2.53. The standard InChI is InChI=1S/C26H54/c1-10-13-15-16-18-23(20-19-22(4)5)26(9,21-17-14-11-2)24(12-3)25(6,7)8/h22-24H,10-21H2,1-9H3. The number of rotatable bonds is 15. The number of hydrogen-bond acceptors (Lipinski definition) is 0. The van der Waals surface area contributed by atoms with Gasteiger partial charge in [-0.25, -0.2) is 0 Å². The molecule has 0 aliphatic carbocycles. The molecule has 0 bridgehead atoms. The van der Waals surface area contributed by atoms with E-state index in [0.29, 0.717) is 10.8 Å². The summed E-state index contributed by atoms with van der Waals surface area (Å²) in [5.41, 5.74) is 0.915. The molecule has 3 atom stereocenters. The zero-order chi connectivity index (χ0) is 20.2. The van der Waals surface area contributed by atoms with Crippen molar-refractivity contribution in [1.29, 1.82) is 0 Å². The highest BCUT2D eigenvalue weighted by molar-refractivity contribution is 4.93. The first-order valence-corrected chi connectivity index (χ1v) is 12.1. The Morgan fingerprint density at radius 3 is 1.69 bits per heavy atom. The van der Waals surface area contributed by atoms with Crippen molar-refractivity contribution in [3.63, 3.8) is 0 Å². The Kier molecular flexibility index (Phi) is 13.2. The molecule has 0 heteroatoms. The van der Waals surface area contributed by atoms with E-state index in [1.807, 2.05) is 0 Å². The molecule has 0 heterocycles. The van der Waals surface area contributed by atoms with Crippen LogP contribution in [-0.4, -0.2) is 0 Å². The van der Waals surface area contributed by atoms with Crippen LogP contribution in [-0.2, 0) is 0 Å². The minimum atomic E-state index is 0.412. The van der Waals surface area contributed by atoms with Gasteiger partial charge in [-0.3, -0.25) is 0 Å². The Balaban J connectivity index is 5.48. The van der Waals surface area contributed by atoms with Gasteiger partial charge in [0, 0.05) is 0 Å². The molecule has 158 valence electrons. The second-order valence-corrected chi connectivity index (χ2v) is 10.8. The summed E-state index contributed by atoms with van der Waals surface area (Å²) in [6.45, 7) is 22.1. The number of hydrogen-bond donors (Lipinski definition) is 0. The van der Waals surface area contributed by atoms with Crippen molar-refractivity contribution < 1.29 is 0 Å². The van der Waals surface area contributed by atoms with E-state index >= 15 is 0 Å². The smallest absolute Gasteiger partial charge is 0.0264 e. The van der Waals surface area contributed by atoms with E-state index in [0.717, 1.165) is 17.8 Å². The van der Waals surface area contributed by atoms with Crippen LogP contribution in [0.2, 0.25) is 0 Å². The van der Waals surface area contributed by atoms with Crippen LogP contribution in [0.5, 0.6) is 0 Å². The lowest BCUT2D eigenvalue weighted by molar-refractivity contribution is -0.00776. The molecule has 0 N–H and O–H groups in total. The van der Waals surface area contributed by atoms with Gasteiger partial charge in [0.05, 0.1) is 0 Å². The van der Waals surface area contributed by atoms with Crippen molar-refractivity contribution in [3.05, 3.63) is 0 Å². The number of unbranched alkanes of at least 4 members (excludes halogenated alkanes) is 5. The van der Waals surface area contributed by atoms with Crippen LogP contribution >= 0.6 is 0 Å². The monoisotopic (exact) mass is 366 g/mol. The maximum Gasteiger partial charge on any atom is -0.0264 e. The molecule has 0 fully saturated rings. The molecule has 0 spiro atoms. The van der Waals surface area contributed by atoms with E-state index in [2.05, 4.69) is 62.3 Å². The van der Waals surface area contributed by atoms with Crippen molar-refractivity contribution in [3.8, 4) is 0 Å². The Hall–Kier alpha value is 0. The molecule has 0 rings (SSSR count). The summed E-state index contributed by atoms with van der Waals surface area (Å²) >= 11 is 0. The molecule has 0 aromatic heterocycles. The van der Waals surface area contributed by atoms with E-state index in [9.17, 15) is 0 Å². The Bertz CT molecular complexity index is 321. The van der Waals surface area contributed by atoms with Crippen LogP contribution in [0.1, 0.15) is 139 Å². The first kappa shape index (κ1) is 26.0. The molecule has 0 radical (unpaired) electrons. The van der Waals surface area contributed by atoms with Crippen LogP contribution in [0, 0.1) is 28.6 Å². The second-order valence-electron chi connectivity index (χ2n) is 10.8. The van der Waals surface area contributed by atoms with Gasteiger partial charge in [-0.05, 0) is 47.8 Å².